The molecule has 2 heterocycles. The summed E-state index contributed by atoms with van der Waals surface area (Å²) in [4.78, 5) is 12.8. The zero-order valence-corrected chi connectivity index (χ0v) is 16.8. The minimum Gasteiger partial charge on any atom is -0.497 e. The molecule has 1 fully saturated rings. The summed E-state index contributed by atoms with van der Waals surface area (Å²) in [6, 6.07) is 8.43. The summed E-state index contributed by atoms with van der Waals surface area (Å²) in [5.74, 6) is 0.455. The second-order valence-electron chi connectivity index (χ2n) is 6.19. The second kappa shape index (κ2) is 8.28. The second-order valence-corrected chi connectivity index (χ2v) is 9.30. The van der Waals surface area contributed by atoms with E-state index in [2.05, 4.69) is 5.32 Å². The highest BCUT2D eigenvalue weighted by Gasteiger charge is 2.34. The lowest BCUT2D eigenvalue weighted by Gasteiger charge is -2.30. The highest BCUT2D eigenvalue weighted by Crippen LogP contribution is 2.31. The van der Waals surface area contributed by atoms with Gasteiger partial charge in [0.1, 0.15) is 15.7 Å². The molecule has 1 amide bonds. The zero-order valence-electron chi connectivity index (χ0n) is 15.2. The van der Waals surface area contributed by atoms with Gasteiger partial charge in [0.05, 0.1) is 25.8 Å². The monoisotopic (exact) mass is 410 g/mol. The summed E-state index contributed by atoms with van der Waals surface area (Å²) in [6.45, 7) is 0.588. The highest BCUT2D eigenvalue weighted by atomic mass is 32.2. The van der Waals surface area contributed by atoms with Crippen molar-refractivity contribution in [2.75, 3.05) is 32.6 Å². The number of amides is 1. The molecule has 1 atom stereocenters. The topological polar surface area (TPSA) is 84.9 Å². The average Bonchev–Trinajstić information content (AvgIpc) is 3.23. The van der Waals surface area contributed by atoms with E-state index in [-0.39, 0.29) is 12.5 Å². The van der Waals surface area contributed by atoms with Crippen molar-refractivity contribution >= 4 is 33.0 Å². The number of nitrogens with one attached hydrogen (secondary N) is 1. The van der Waals surface area contributed by atoms with Gasteiger partial charge in [0.2, 0.25) is 5.91 Å². The van der Waals surface area contributed by atoms with Crippen LogP contribution in [0.5, 0.6) is 11.5 Å². The van der Waals surface area contributed by atoms with Gasteiger partial charge in [-0.15, -0.1) is 11.3 Å². The van der Waals surface area contributed by atoms with Crippen LogP contribution in [0.3, 0.4) is 0 Å². The van der Waals surface area contributed by atoms with Gasteiger partial charge in [-0.1, -0.05) is 6.07 Å². The first-order chi connectivity index (χ1) is 13.0. The summed E-state index contributed by atoms with van der Waals surface area (Å²) in [7, 11) is -0.490. The molecule has 1 aliphatic rings. The SMILES string of the molecule is COc1ccc(OC)c(NC(=O)[C@@H]2CCCN(S(=O)(=O)c3cccs3)C2)c1. The van der Waals surface area contributed by atoms with Crippen LogP contribution in [-0.2, 0) is 14.8 Å². The van der Waals surface area contributed by atoms with Gasteiger partial charge < -0.3 is 14.8 Å². The molecule has 27 heavy (non-hydrogen) atoms. The van der Waals surface area contributed by atoms with Crippen molar-refractivity contribution in [2.24, 2.45) is 5.92 Å². The van der Waals surface area contributed by atoms with E-state index in [4.69, 9.17) is 9.47 Å². The average molecular weight is 411 g/mol. The number of piperidine rings is 1. The maximum absolute atomic E-state index is 12.8. The Hall–Kier alpha value is -2.10. The maximum Gasteiger partial charge on any atom is 0.252 e. The molecular weight excluding hydrogens is 388 g/mol. The van der Waals surface area contributed by atoms with E-state index in [1.165, 1.54) is 22.8 Å². The molecule has 3 rings (SSSR count). The lowest BCUT2D eigenvalue weighted by molar-refractivity contribution is -0.120. The van der Waals surface area contributed by atoms with Crippen molar-refractivity contribution in [1.29, 1.82) is 0 Å². The van der Waals surface area contributed by atoms with Crippen LogP contribution in [0.25, 0.3) is 0 Å². The third kappa shape index (κ3) is 4.26. The van der Waals surface area contributed by atoms with Crippen LogP contribution in [0.1, 0.15) is 12.8 Å². The van der Waals surface area contributed by atoms with E-state index in [0.29, 0.717) is 40.8 Å². The molecule has 0 saturated carbocycles. The van der Waals surface area contributed by atoms with Crippen molar-refractivity contribution in [1.82, 2.24) is 4.31 Å². The van der Waals surface area contributed by atoms with E-state index >= 15 is 0 Å². The zero-order chi connectivity index (χ0) is 19.4. The molecule has 1 aliphatic heterocycles. The summed E-state index contributed by atoms with van der Waals surface area (Å²) < 4.78 is 37.6. The first-order valence-electron chi connectivity index (χ1n) is 8.52. The van der Waals surface area contributed by atoms with Crippen LogP contribution in [0.15, 0.2) is 39.9 Å². The molecule has 1 aromatic heterocycles. The number of anilines is 1. The van der Waals surface area contributed by atoms with Gasteiger partial charge in [-0.2, -0.15) is 4.31 Å². The molecule has 2 aromatic rings. The van der Waals surface area contributed by atoms with Crippen LogP contribution < -0.4 is 14.8 Å². The lowest BCUT2D eigenvalue weighted by Crippen LogP contribution is -2.43. The van der Waals surface area contributed by atoms with E-state index in [1.54, 1.807) is 42.8 Å². The fourth-order valence-corrected chi connectivity index (χ4v) is 5.73. The number of carbonyl (C=O) groups excluding carboxylic acids is 1. The number of ether oxygens (including phenoxy) is 2. The largest absolute Gasteiger partial charge is 0.497 e. The maximum atomic E-state index is 12.8. The van der Waals surface area contributed by atoms with E-state index in [9.17, 15) is 13.2 Å². The smallest absolute Gasteiger partial charge is 0.252 e. The molecule has 7 nitrogen and oxygen atoms in total. The van der Waals surface area contributed by atoms with Gasteiger partial charge in [0.25, 0.3) is 10.0 Å². The third-order valence-corrected chi connectivity index (χ3v) is 7.75. The molecule has 9 heteroatoms. The number of rotatable bonds is 6. The molecule has 0 radical (unpaired) electrons. The lowest BCUT2D eigenvalue weighted by atomic mass is 9.98. The van der Waals surface area contributed by atoms with Crippen molar-refractivity contribution < 1.29 is 22.7 Å². The summed E-state index contributed by atoms with van der Waals surface area (Å²) >= 11 is 1.18. The van der Waals surface area contributed by atoms with E-state index in [0.717, 1.165) is 0 Å². The molecular formula is C18H22N2O5S2. The van der Waals surface area contributed by atoms with Crippen LogP contribution in [0.2, 0.25) is 0 Å². The standard InChI is InChI=1S/C18H22N2O5S2/c1-24-14-7-8-16(25-2)15(11-14)19-18(21)13-5-3-9-20(12-13)27(22,23)17-6-4-10-26-17/h4,6-8,10-11,13H,3,5,9,12H2,1-2H3,(H,19,21)/t13-/m1/s1. The Balaban J connectivity index is 1.74. The number of sulfonamides is 1. The van der Waals surface area contributed by atoms with Crippen molar-refractivity contribution in [3.63, 3.8) is 0 Å². The molecule has 0 unspecified atom stereocenters. The Morgan fingerprint density at radius 2 is 2.07 bits per heavy atom. The Morgan fingerprint density at radius 3 is 2.74 bits per heavy atom. The van der Waals surface area contributed by atoms with Crippen LogP contribution in [-0.4, -0.2) is 45.9 Å². The normalized spacial score (nSPS) is 18.1. The number of nitrogens with zero attached hydrogens (tertiary/aromatic N) is 1. The molecule has 1 aromatic carbocycles. The fraction of sp³-hybridized carbons (Fsp3) is 0.389. The van der Waals surface area contributed by atoms with Crippen LogP contribution in [0, 0.1) is 5.92 Å². The molecule has 0 aliphatic carbocycles. The molecule has 0 spiro atoms. The number of hydrogen-bond acceptors (Lipinski definition) is 6. The number of hydrogen-bond donors (Lipinski definition) is 1. The van der Waals surface area contributed by atoms with Gasteiger partial charge in [-0.25, -0.2) is 8.42 Å². The molecule has 1 saturated heterocycles. The minimum atomic E-state index is -3.55. The van der Waals surface area contributed by atoms with E-state index < -0.39 is 15.9 Å². The van der Waals surface area contributed by atoms with Crippen molar-refractivity contribution in [2.45, 2.75) is 17.1 Å². The predicted octanol–water partition coefficient (Wildman–Crippen LogP) is 2.80. The summed E-state index contributed by atoms with van der Waals surface area (Å²) in [6.07, 6.45) is 1.27. The number of carbonyl (C=O) groups is 1. The number of methoxy groups -OCH3 is 2. The first kappa shape index (κ1) is 19.7. The van der Waals surface area contributed by atoms with Crippen LogP contribution >= 0.6 is 11.3 Å². The minimum absolute atomic E-state index is 0.165. The Kier molecular flexibility index (Phi) is 6.03. The van der Waals surface area contributed by atoms with Gasteiger partial charge in [0.15, 0.2) is 0 Å². The third-order valence-electron chi connectivity index (χ3n) is 4.51. The Bertz CT molecular complexity index is 896. The predicted molar refractivity (Wildman–Crippen MR) is 104 cm³/mol. The first-order valence-corrected chi connectivity index (χ1v) is 10.8. The van der Waals surface area contributed by atoms with Gasteiger partial charge >= 0.3 is 0 Å². The number of thiophene rings is 1. The van der Waals surface area contributed by atoms with Crippen LogP contribution in [0.4, 0.5) is 5.69 Å². The quantitative estimate of drug-likeness (QED) is 0.792. The highest BCUT2D eigenvalue weighted by molar-refractivity contribution is 7.91. The molecule has 146 valence electrons. The van der Waals surface area contributed by atoms with Crippen molar-refractivity contribution in [3.8, 4) is 11.5 Å². The summed E-state index contributed by atoms with van der Waals surface area (Å²) in [5.41, 5.74) is 0.500. The van der Waals surface area contributed by atoms with Gasteiger partial charge in [0, 0.05) is 19.2 Å². The van der Waals surface area contributed by atoms with Crippen molar-refractivity contribution in [3.05, 3.63) is 35.7 Å². The van der Waals surface area contributed by atoms with E-state index in [1.807, 2.05) is 0 Å². The Labute approximate surface area is 163 Å². The van der Waals surface area contributed by atoms with Gasteiger partial charge in [-0.05, 0) is 36.4 Å². The summed E-state index contributed by atoms with van der Waals surface area (Å²) in [5, 5.41) is 4.58. The molecule has 1 N–H and O–H groups in total. The molecule has 0 bridgehead atoms. The number of benzene rings is 1. The van der Waals surface area contributed by atoms with Gasteiger partial charge in [-0.3, -0.25) is 4.79 Å². The Morgan fingerprint density at radius 1 is 1.26 bits per heavy atom. The fourth-order valence-electron chi connectivity index (χ4n) is 3.06.